The first kappa shape index (κ1) is 13.0. The number of rotatable bonds is 2. The molecule has 6 heteroatoms. The molecule has 0 aromatic carbocycles. The molecule has 2 N–H and O–H groups in total. The van der Waals surface area contributed by atoms with Crippen LogP contribution in [-0.4, -0.2) is 41.8 Å². The summed E-state index contributed by atoms with van der Waals surface area (Å²) >= 11 is 5.77. The lowest BCUT2D eigenvalue weighted by Gasteiger charge is -2.30. The number of H-pyrrole nitrogens is 1. The van der Waals surface area contributed by atoms with Gasteiger partial charge in [-0.05, 0) is 18.9 Å². The normalized spacial score (nSPS) is 16.7. The van der Waals surface area contributed by atoms with E-state index in [1.165, 1.54) is 0 Å². The minimum absolute atomic E-state index is 0.0197. The molecule has 0 atom stereocenters. The molecule has 2 rings (SSSR count). The van der Waals surface area contributed by atoms with Gasteiger partial charge in [0.2, 0.25) is 5.91 Å². The molecule has 0 aliphatic carbocycles. The van der Waals surface area contributed by atoms with E-state index in [0.717, 1.165) is 0 Å². The molecule has 1 aliphatic heterocycles. The highest BCUT2D eigenvalue weighted by molar-refractivity contribution is 6.30. The number of hydrogen-bond acceptors (Lipinski definition) is 2. The second-order valence-electron chi connectivity index (χ2n) is 4.41. The third-order valence-corrected chi connectivity index (χ3v) is 3.50. The van der Waals surface area contributed by atoms with Crippen LogP contribution in [0.4, 0.5) is 0 Å². The highest BCUT2D eigenvalue weighted by atomic mass is 35.5. The van der Waals surface area contributed by atoms with Crippen LogP contribution in [0.3, 0.4) is 0 Å². The summed E-state index contributed by atoms with van der Waals surface area (Å²) in [5.41, 5.74) is 0.499. The Labute approximate surface area is 110 Å². The molecule has 0 spiro atoms. The SMILES string of the molecule is CNC(=O)C1CCN(C(=O)c2cc(Cl)c[nH]2)CC1. The zero-order valence-electron chi connectivity index (χ0n) is 10.2. The predicted molar refractivity (Wildman–Crippen MR) is 68.5 cm³/mol. The van der Waals surface area contributed by atoms with Crippen molar-refractivity contribution in [1.29, 1.82) is 0 Å². The average Bonchev–Trinajstić information content (AvgIpc) is 2.84. The van der Waals surface area contributed by atoms with Crippen molar-refractivity contribution in [3.8, 4) is 0 Å². The van der Waals surface area contributed by atoms with Crippen molar-refractivity contribution in [2.75, 3.05) is 20.1 Å². The van der Waals surface area contributed by atoms with Gasteiger partial charge in [-0.2, -0.15) is 0 Å². The molecule has 98 valence electrons. The van der Waals surface area contributed by atoms with Gasteiger partial charge in [0.15, 0.2) is 0 Å². The van der Waals surface area contributed by atoms with Gasteiger partial charge < -0.3 is 15.2 Å². The maximum Gasteiger partial charge on any atom is 0.270 e. The number of aromatic nitrogens is 1. The Morgan fingerprint density at radius 1 is 1.44 bits per heavy atom. The van der Waals surface area contributed by atoms with Crippen LogP contribution in [-0.2, 0) is 4.79 Å². The third-order valence-electron chi connectivity index (χ3n) is 3.28. The number of nitrogens with one attached hydrogen (secondary N) is 2. The number of amides is 2. The number of nitrogens with zero attached hydrogens (tertiary/aromatic N) is 1. The van der Waals surface area contributed by atoms with Crippen molar-refractivity contribution < 1.29 is 9.59 Å². The van der Waals surface area contributed by atoms with E-state index < -0.39 is 0 Å². The van der Waals surface area contributed by atoms with Gasteiger partial charge in [0.25, 0.3) is 5.91 Å². The van der Waals surface area contributed by atoms with Crippen LogP contribution in [0, 0.1) is 5.92 Å². The molecule has 1 saturated heterocycles. The molecule has 2 amide bonds. The summed E-state index contributed by atoms with van der Waals surface area (Å²) < 4.78 is 0. The van der Waals surface area contributed by atoms with Crippen LogP contribution in [0.2, 0.25) is 5.02 Å². The highest BCUT2D eigenvalue weighted by Gasteiger charge is 2.27. The van der Waals surface area contributed by atoms with Crippen LogP contribution in [0.15, 0.2) is 12.3 Å². The van der Waals surface area contributed by atoms with Crippen LogP contribution >= 0.6 is 11.6 Å². The lowest BCUT2D eigenvalue weighted by atomic mass is 9.96. The first-order chi connectivity index (χ1) is 8.61. The zero-order chi connectivity index (χ0) is 13.1. The van der Waals surface area contributed by atoms with E-state index >= 15 is 0 Å². The van der Waals surface area contributed by atoms with Gasteiger partial charge in [-0.1, -0.05) is 11.6 Å². The fourth-order valence-corrected chi connectivity index (χ4v) is 2.37. The predicted octanol–water partition coefficient (Wildman–Crippen LogP) is 1.27. The number of likely N-dealkylation sites (tertiary alicyclic amines) is 1. The second-order valence-corrected chi connectivity index (χ2v) is 4.85. The number of aromatic amines is 1. The van der Waals surface area contributed by atoms with Crippen LogP contribution in [0.1, 0.15) is 23.3 Å². The molecule has 1 aliphatic rings. The monoisotopic (exact) mass is 269 g/mol. The number of hydrogen-bond donors (Lipinski definition) is 2. The van der Waals surface area contributed by atoms with Gasteiger partial charge >= 0.3 is 0 Å². The fraction of sp³-hybridized carbons (Fsp3) is 0.500. The molecule has 0 saturated carbocycles. The Bertz CT molecular complexity index is 450. The van der Waals surface area contributed by atoms with Crippen molar-refractivity contribution in [2.24, 2.45) is 5.92 Å². The Kier molecular flexibility index (Phi) is 3.91. The summed E-state index contributed by atoms with van der Waals surface area (Å²) in [5, 5.41) is 3.17. The van der Waals surface area contributed by atoms with Crippen molar-refractivity contribution in [3.63, 3.8) is 0 Å². The molecular weight excluding hydrogens is 254 g/mol. The summed E-state index contributed by atoms with van der Waals surface area (Å²) in [4.78, 5) is 28.2. The summed E-state index contributed by atoms with van der Waals surface area (Å²) in [6.07, 6.45) is 3.01. The quantitative estimate of drug-likeness (QED) is 0.849. The van der Waals surface area contributed by atoms with Gasteiger partial charge in [-0.25, -0.2) is 0 Å². The maximum atomic E-state index is 12.1. The molecular formula is C12H16ClN3O2. The molecule has 1 aromatic heterocycles. The van der Waals surface area contributed by atoms with Gasteiger partial charge in [0.1, 0.15) is 5.69 Å². The van der Waals surface area contributed by atoms with Crippen LogP contribution in [0.5, 0.6) is 0 Å². The van der Waals surface area contributed by atoms with E-state index in [0.29, 0.717) is 36.6 Å². The molecule has 0 bridgehead atoms. The molecule has 0 unspecified atom stereocenters. The van der Waals surface area contributed by atoms with Crippen molar-refractivity contribution in [1.82, 2.24) is 15.2 Å². The lowest BCUT2D eigenvalue weighted by Crippen LogP contribution is -2.42. The molecule has 18 heavy (non-hydrogen) atoms. The van der Waals surface area contributed by atoms with Crippen molar-refractivity contribution >= 4 is 23.4 Å². The van der Waals surface area contributed by atoms with Crippen molar-refractivity contribution in [2.45, 2.75) is 12.8 Å². The third kappa shape index (κ3) is 2.67. The van der Waals surface area contributed by atoms with E-state index in [1.54, 1.807) is 24.2 Å². The van der Waals surface area contributed by atoms with Gasteiger partial charge in [-0.15, -0.1) is 0 Å². The van der Waals surface area contributed by atoms with Crippen LogP contribution < -0.4 is 5.32 Å². The Balaban J connectivity index is 1.94. The number of piperidine rings is 1. The summed E-state index contributed by atoms with van der Waals surface area (Å²) in [5.74, 6) is 0.0218. The summed E-state index contributed by atoms with van der Waals surface area (Å²) in [6.45, 7) is 1.21. The smallest absolute Gasteiger partial charge is 0.270 e. The minimum Gasteiger partial charge on any atom is -0.359 e. The summed E-state index contributed by atoms with van der Waals surface area (Å²) in [6, 6.07) is 1.62. The van der Waals surface area contributed by atoms with Gasteiger partial charge in [-0.3, -0.25) is 9.59 Å². The molecule has 1 aromatic rings. The second kappa shape index (κ2) is 5.44. The van der Waals surface area contributed by atoms with Crippen LogP contribution in [0.25, 0.3) is 0 Å². The topological polar surface area (TPSA) is 65.2 Å². The maximum absolute atomic E-state index is 12.1. The number of carbonyl (C=O) groups is 2. The first-order valence-electron chi connectivity index (χ1n) is 5.96. The number of halogens is 1. The van der Waals surface area contributed by atoms with E-state index in [-0.39, 0.29) is 17.7 Å². The average molecular weight is 270 g/mol. The standard InChI is InChI=1S/C12H16ClN3O2/c1-14-11(17)8-2-4-16(5-3-8)12(18)10-6-9(13)7-15-10/h6-8,15H,2-5H2,1H3,(H,14,17). The molecule has 0 radical (unpaired) electrons. The van der Waals surface area contributed by atoms with E-state index in [4.69, 9.17) is 11.6 Å². The zero-order valence-corrected chi connectivity index (χ0v) is 11.0. The van der Waals surface area contributed by atoms with E-state index in [9.17, 15) is 9.59 Å². The fourth-order valence-electron chi connectivity index (χ4n) is 2.21. The Morgan fingerprint density at radius 3 is 2.61 bits per heavy atom. The Hall–Kier alpha value is -1.49. The van der Waals surface area contributed by atoms with Gasteiger partial charge in [0, 0.05) is 32.3 Å². The highest BCUT2D eigenvalue weighted by Crippen LogP contribution is 2.19. The molecule has 5 nitrogen and oxygen atoms in total. The number of carbonyl (C=O) groups excluding carboxylic acids is 2. The molecule has 1 fully saturated rings. The Morgan fingerprint density at radius 2 is 2.11 bits per heavy atom. The lowest BCUT2D eigenvalue weighted by molar-refractivity contribution is -0.125. The van der Waals surface area contributed by atoms with Crippen molar-refractivity contribution in [3.05, 3.63) is 23.0 Å². The molecule has 2 heterocycles. The van der Waals surface area contributed by atoms with Gasteiger partial charge in [0.05, 0.1) is 5.02 Å². The summed E-state index contributed by atoms with van der Waals surface area (Å²) in [7, 11) is 1.64. The minimum atomic E-state index is -0.0581. The largest absolute Gasteiger partial charge is 0.359 e. The van der Waals surface area contributed by atoms with E-state index in [1.807, 2.05) is 0 Å². The van der Waals surface area contributed by atoms with E-state index in [2.05, 4.69) is 10.3 Å². The first-order valence-corrected chi connectivity index (χ1v) is 6.34.